The number of halogens is 1. The van der Waals surface area contributed by atoms with Gasteiger partial charge in [-0.3, -0.25) is 9.97 Å². The van der Waals surface area contributed by atoms with Gasteiger partial charge < -0.3 is 9.64 Å². The number of hydrogen-bond acceptors (Lipinski definition) is 7. The Bertz CT molecular complexity index is 869. The van der Waals surface area contributed by atoms with Crippen LogP contribution in [0.2, 0.25) is 0 Å². The van der Waals surface area contributed by atoms with E-state index in [2.05, 4.69) is 25.3 Å². The summed E-state index contributed by atoms with van der Waals surface area (Å²) in [4.78, 5) is 10.5. The van der Waals surface area contributed by atoms with Crippen LogP contribution in [0, 0.1) is 0 Å². The second-order valence-corrected chi connectivity index (χ2v) is 5.97. The molecule has 0 amide bonds. The largest absolute Gasteiger partial charge is 0.480 e. The standard InChI is InChI=1S/C17H18FN7O/c1-26-17-5-4-15(21-22-17)25-14(13-11-19-6-7-20-13)9-16(23-25)24-8-2-3-12(24)10-18/h4-7,9,11-12H,2-3,8,10H2,1H3/t12-/m0/s1. The number of anilines is 1. The molecule has 8 nitrogen and oxygen atoms in total. The Hall–Kier alpha value is -3.10. The Morgan fingerprint density at radius 3 is 2.85 bits per heavy atom. The van der Waals surface area contributed by atoms with Crippen molar-refractivity contribution in [2.45, 2.75) is 18.9 Å². The van der Waals surface area contributed by atoms with E-state index < -0.39 is 6.67 Å². The molecule has 1 fully saturated rings. The Kier molecular flexibility index (Phi) is 4.42. The zero-order chi connectivity index (χ0) is 17.9. The summed E-state index contributed by atoms with van der Waals surface area (Å²) in [6.07, 6.45) is 6.66. The number of methoxy groups -OCH3 is 1. The van der Waals surface area contributed by atoms with Gasteiger partial charge in [0.25, 0.3) is 0 Å². The van der Waals surface area contributed by atoms with Crippen LogP contribution in [0.25, 0.3) is 17.2 Å². The molecule has 4 rings (SSSR count). The molecule has 0 unspecified atom stereocenters. The lowest BCUT2D eigenvalue weighted by Crippen LogP contribution is -2.31. The van der Waals surface area contributed by atoms with E-state index >= 15 is 0 Å². The number of rotatable bonds is 5. The minimum Gasteiger partial charge on any atom is -0.480 e. The predicted molar refractivity (Wildman–Crippen MR) is 93.1 cm³/mol. The minimum absolute atomic E-state index is 0.144. The molecule has 0 N–H and O–H groups in total. The minimum atomic E-state index is -0.393. The monoisotopic (exact) mass is 355 g/mol. The highest BCUT2D eigenvalue weighted by atomic mass is 19.1. The first-order valence-electron chi connectivity index (χ1n) is 8.37. The lowest BCUT2D eigenvalue weighted by atomic mass is 10.2. The molecule has 134 valence electrons. The molecule has 0 aliphatic carbocycles. The van der Waals surface area contributed by atoms with Gasteiger partial charge in [0.2, 0.25) is 5.88 Å². The molecule has 9 heteroatoms. The highest BCUT2D eigenvalue weighted by Gasteiger charge is 2.28. The van der Waals surface area contributed by atoms with E-state index in [1.165, 1.54) is 7.11 Å². The molecule has 3 aromatic heterocycles. The Morgan fingerprint density at radius 2 is 2.15 bits per heavy atom. The maximum atomic E-state index is 13.3. The molecule has 4 heterocycles. The van der Waals surface area contributed by atoms with Crippen molar-refractivity contribution in [3.05, 3.63) is 36.8 Å². The molecule has 1 aliphatic heterocycles. The van der Waals surface area contributed by atoms with Crippen molar-refractivity contribution in [2.24, 2.45) is 0 Å². The lowest BCUT2D eigenvalue weighted by Gasteiger charge is -2.21. The highest BCUT2D eigenvalue weighted by Crippen LogP contribution is 2.30. The van der Waals surface area contributed by atoms with Crippen molar-refractivity contribution >= 4 is 5.82 Å². The van der Waals surface area contributed by atoms with Crippen molar-refractivity contribution in [3.8, 4) is 23.1 Å². The Morgan fingerprint density at radius 1 is 1.23 bits per heavy atom. The van der Waals surface area contributed by atoms with Crippen LogP contribution in [-0.4, -0.2) is 56.3 Å². The van der Waals surface area contributed by atoms with E-state index in [4.69, 9.17) is 4.74 Å². The van der Waals surface area contributed by atoms with Crippen LogP contribution >= 0.6 is 0 Å². The molecule has 1 saturated heterocycles. The van der Waals surface area contributed by atoms with Crippen LogP contribution in [0.5, 0.6) is 5.88 Å². The van der Waals surface area contributed by atoms with E-state index in [-0.39, 0.29) is 6.04 Å². The first-order chi connectivity index (χ1) is 12.8. The van der Waals surface area contributed by atoms with Gasteiger partial charge >= 0.3 is 0 Å². The van der Waals surface area contributed by atoms with Crippen molar-refractivity contribution < 1.29 is 9.13 Å². The lowest BCUT2D eigenvalue weighted by molar-refractivity contribution is 0.391. The van der Waals surface area contributed by atoms with E-state index in [0.717, 1.165) is 25.1 Å². The van der Waals surface area contributed by atoms with Crippen LogP contribution in [0.1, 0.15) is 12.8 Å². The van der Waals surface area contributed by atoms with E-state index in [1.54, 1.807) is 35.4 Å². The van der Waals surface area contributed by atoms with Crippen molar-refractivity contribution in [3.63, 3.8) is 0 Å². The SMILES string of the molecule is COc1ccc(-n2nc(N3CCC[C@H]3CF)cc2-c2cnccn2)nn1. The Balaban J connectivity index is 1.80. The summed E-state index contributed by atoms with van der Waals surface area (Å²) in [7, 11) is 1.53. The van der Waals surface area contributed by atoms with Crippen LogP contribution in [0.4, 0.5) is 10.2 Å². The molecule has 26 heavy (non-hydrogen) atoms. The number of ether oxygens (including phenoxy) is 1. The average molecular weight is 355 g/mol. The number of hydrogen-bond donors (Lipinski definition) is 0. The smallest absolute Gasteiger partial charge is 0.233 e. The fourth-order valence-corrected chi connectivity index (χ4v) is 3.13. The van der Waals surface area contributed by atoms with Crippen LogP contribution in [0.15, 0.2) is 36.8 Å². The molecule has 1 atom stereocenters. The number of alkyl halides is 1. The summed E-state index contributed by atoms with van der Waals surface area (Å²) in [6, 6.07) is 5.22. The highest BCUT2D eigenvalue weighted by molar-refractivity contribution is 5.62. The first kappa shape index (κ1) is 16.4. The van der Waals surface area contributed by atoms with Crippen LogP contribution in [-0.2, 0) is 0 Å². The maximum absolute atomic E-state index is 13.3. The molecule has 0 bridgehead atoms. The van der Waals surface area contributed by atoms with Gasteiger partial charge in [-0.15, -0.1) is 15.3 Å². The van der Waals surface area contributed by atoms with Gasteiger partial charge in [0.1, 0.15) is 12.4 Å². The normalized spacial score (nSPS) is 16.8. The summed E-state index contributed by atoms with van der Waals surface area (Å²) in [6.45, 7) is 0.384. The average Bonchev–Trinajstić information content (AvgIpc) is 3.35. The summed E-state index contributed by atoms with van der Waals surface area (Å²) < 4.78 is 20.0. The van der Waals surface area contributed by atoms with E-state index in [0.29, 0.717) is 23.2 Å². The Labute approximate surface area is 149 Å². The molecule has 0 saturated carbocycles. The molecule has 0 spiro atoms. The second kappa shape index (κ2) is 7.03. The van der Waals surface area contributed by atoms with Crippen LogP contribution < -0.4 is 9.64 Å². The van der Waals surface area contributed by atoms with Crippen molar-refractivity contribution in [1.82, 2.24) is 29.9 Å². The maximum Gasteiger partial charge on any atom is 0.233 e. The molecule has 3 aromatic rings. The fourth-order valence-electron chi connectivity index (χ4n) is 3.13. The fraction of sp³-hybridized carbons (Fsp3) is 0.353. The van der Waals surface area contributed by atoms with Crippen molar-refractivity contribution in [2.75, 3.05) is 25.2 Å². The third-order valence-electron chi connectivity index (χ3n) is 4.42. The van der Waals surface area contributed by atoms with Gasteiger partial charge in [-0.2, -0.15) is 0 Å². The molecule has 0 aromatic carbocycles. The third-order valence-corrected chi connectivity index (χ3v) is 4.42. The quantitative estimate of drug-likeness (QED) is 0.693. The van der Waals surface area contributed by atoms with Gasteiger partial charge in [-0.25, -0.2) is 9.07 Å². The van der Waals surface area contributed by atoms with Crippen LogP contribution in [0.3, 0.4) is 0 Å². The molecular weight excluding hydrogens is 337 g/mol. The van der Waals surface area contributed by atoms with Crippen molar-refractivity contribution in [1.29, 1.82) is 0 Å². The van der Waals surface area contributed by atoms with E-state index in [1.807, 2.05) is 11.0 Å². The summed E-state index contributed by atoms with van der Waals surface area (Å²) in [5, 5.41) is 12.8. The third kappa shape index (κ3) is 2.96. The number of nitrogens with zero attached hydrogens (tertiary/aromatic N) is 7. The predicted octanol–water partition coefficient (Wildman–Crippen LogP) is 2.07. The van der Waals surface area contributed by atoms with Gasteiger partial charge in [0.15, 0.2) is 11.6 Å². The molecule has 1 aliphatic rings. The molecule has 0 radical (unpaired) electrons. The first-order valence-corrected chi connectivity index (χ1v) is 8.37. The van der Waals surface area contributed by atoms with Gasteiger partial charge in [-0.1, -0.05) is 0 Å². The van der Waals surface area contributed by atoms with E-state index in [9.17, 15) is 4.39 Å². The second-order valence-electron chi connectivity index (χ2n) is 5.97. The summed E-state index contributed by atoms with van der Waals surface area (Å²) >= 11 is 0. The van der Waals surface area contributed by atoms with Gasteiger partial charge in [-0.05, 0) is 18.9 Å². The van der Waals surface area contributed by atoms with Gasteiger partial charge in [0.05, 0.1) is 25.0 Å². The topological polar surface area (TPSA) is 81.9 Å². The summed E-state index contributed by atoms with van der Waals surface area (Å²) in [5.41, 5.74) is 1.37. The zero-order valence-corrected chi connectivity index (χ0v) is 14.3. The summed E-state index contributed by atoms with van der Waals surface area (Å²) in [5.74, 6) is 1.64. The van der Waals surface area contributed by atoms with Gasteiger partial charge in [0, 0.05) is 31.1 Å². The zero-order valence-electron chi connectivity index (χ0n) is 14.3. The number of aromatic nitrogens is 6. The molecular formula is C17H18FN7O.